The van der Waals surface area contributed by atoms with Crippen LogP contribution in [-0.2, 0) is 9.47 Å². The van der Waals surface area contributed by atoms with Gasteiger partial charge in [-0.3, -0.25) is 15.1 Å². The molecule has 1 aromatic carbocycles. The van der Waals surface area contributed by atoms with Gasteiger partial charge in [-0.05, 0) is 19.4 Å². The number of carbonyl (C=O) groups is 2. The number of nitro groups is 1. The van der Waals surface area contributed by atoms with Crippen LogP contribution in [0.15, 0.2) is 24.3 Å². The Kier molecular flexibility index (Phi) is 8.12. The molecule has 2 aromatic rings. The highest BCUT2D eigenvalue weighted by molar-refractivity contribution is 5.84. The van der Waals surface area contributed by atoms with Gasteiger partial charge in [-0.15, -0.1) is 0 Å². The van der Waals surface area contributed by atoms with Crippen LogP contribution in [0.1, 0.15) is 11.4 Å². The van der Waals surface area contributed by atoms with Crippen molar-refractivity contribution in [3.05, 3.63) is 45.8 Å². The summed E-state index contributed by atoms with van der Waals surface area (Å²) in [6.07, 6.45) is -7.83. The zero-order valence-electron chi connectivity index (χ0n) is 17.2. The molecule has 0 atom stereocenters. The van der Waals surface area contributed by atoms with Gasteiger partial charge in [0, 0.05) is 12.1 Å². The molecule has 2 rings (SSSR count). The molecule has 0 saturated carbocycles. The topological polar surface area (TPSA) is 147 Å². The first-order valence-corrected chi connectivity index (χ1v) is 9.05. The number of non-ortho nitro benzene ring substituents is 1. The van der Waals surface area contributed by atoms with E-state index in [0.717, 1.165) is 6.07 Å². The van der Waals surface area contributed by atoms with Gasteiger partial charge < -0.3 is 24.1 Å². The molecule has 0 unspecified atom stereocenters. The number of aromatic nitrogens is 1. The van der Waals surface area contributed by atoms with Gasteiger partial charge in [0.05, 0.1) is 28.5 Å². The second-order valence-corrected chi connectivity index (χ2v) is 6.30. The maximum Gasteiger partial charge on any atom is 0.514 e. The van der Waals surface area contributed by atoms with E-state index in [1.54, 1.807) is 0 Å². The number of carbonyl (C=O) groups excluding carboxylic acids is 2. The third kappa shape index (κ3) is 7.03. The second kappa shape index (κ2) is 10.6. The van der Waals surface area contributed by atoms with Crippen LogP contribution in [0.25, 0.3) is 11.1 Å². The largest absolute Gasteiger partial charge is 0.514 e. The summed E-state index contributed by atoms with van der Waals surface area (Å²) in [6.45, 7) is -0.0939. The van der Waals surface area contributed by atoms with Gasteiger partial charge in [-0.2, -0.15) is 13.2 Å². The van der Waals surface area contributed by atoms with Crippen molar-refractivity contribution in [3.8, 4) is 22.6 Å². The van der Waals surface area contributed by atoms with Crippen molar-refractivity contribution in [2.24, 2.45) is 0 Å². The molecule has 0 aliphatic heterocycles. The lowest BCUT2D eigenvalue weighted by molar-refractivity contribution is -0.384. The monoisotopic (exact) mass is 474 g/mol. The maximum atomic E-state index is 12.4. The number of rotatable bonds is 7. The Labute approximate surface area is 183 Å². The number of hydrogen-bond donors (Lipinski definition) is 1. The van der Waals surface area contributed by atoms with Crippen LogP contribution in [0, 0.1) is 24.0 Å². The Balaban J connectivity index is 2.61. The van der Waals surface area contributed by atoms with Crippen molar-refractivity contribution < 1.29 is 51.7 Å². The van der Waals surface area contributed by atoms with Gasteiger partial charge >= 0.3 is 18.5 Å². The average Bonchev–Trinajstić information content (AvgIpc) is 2.73. The maximum absolute atomic E-state index is 12.4. The fraction of sp³-hybridized carbons (Fsp3) is 0.316. The van der Waals surface area contributed by atoms with E-state index in [9.17, 15) is 32.9 Å². The molecular formula is C19H17F3N2O9. The van der Waals surface area contributed by atoms with Crippen molar-refractivity contribution in [2.45, 2.75) is 20.0 Å². The van der Waals surface area contributed by atoms with Gasteiger partial charge in [0.2, 0.25) is 0 Å². The molecule has 0 radical (unpaired) electrons. The van der Waals surface area contributed by atoms with Crippen molar-refractivity contribution >= 4 is 18.0 Å². The third-order valence-electron chi connectivity index (χ3n) is 3.83. The molecule has 0 bridgehead atoms. The van der Waals surface area contributed by atoms with Crippen LogP contribution >= 0.6 is 0 Å². The quantitative estimate of drug-likeness (QED) is 0.356. The number of pyridine rings is 1. The van der Waals surface area contributed by atoms with Crippen LogP contribution in [0.2, 0.25) is 0 Å². The number of benzene rings is 1. The Morgan fingerprint density at radius 1 is 1.09 bits per heavy atom. The number of alkyl halides is 3. The van der Waals surface area contributed by atoms with E-state index in [4.69, 9.17) is 14.6 Å². The van der Waals surface area contributed by atoms with Crippen LogP contribution in [-0.4, -0.2) is 53.3 Å². The van der Waals surface area contributed by atoms with Gasteiger partial charge in [0.1, 0.15) is 6.61 Å². The fourth-order valence-electron chi connectivity index (χ4n) is 2.60. The number of nitrogens with zero attached hydrogens (tertiary/aromatic N) is 2. The molecule has 0 aliphatic rings. The number of halogens is 3. The smallest absolute Gasteiger partial charge is 0.432 e. The number of ether oxygens (including phenoxy) is 4. The Morgan fingerprint density at radius 3 is 2.18 bits per heavy atom. The molecule has 0 fully saturated rings. The van der Waals surface area contributed by atoms with E-state index in [-0.39, 0.29) is 34.0 Å². The summed E-state index contributed by atoms with van der Waals surface area (Å²) in [5.74, 6) is -0.805. The predicted octanol–water partition coefficient (Wildman–Crippen LogP) is 3.86. The lowest BCUT2D eigenvalue weighted by Gasteiger charge is -2.18. The molecule has 0 aliphatic carbocycles. The number of hydrogen-bond acceptors (Lipinski definition) is 10. The minimum atomic E-state index is -4.81. The summed E-state index contributed by atoms with van der Waals surface area (Å²) in [7, 11) is 0. The van der Waals surface area contributed by atoms with Crippen molar-refractivity contribution in [3.63, 3.8) is 0 Å². The lowest BCUT2D eigenvalue weighted by atomic mass is 10.0. The third-order valence-corrected chi connectivity index (χ3v) is 3.83. The van der Waals surface area contributed by atoms with Crippen molar-refractivity contribution in [2.75, 3.05) is 19.8 Å². The highest BCUT2D eigenvalue weighted by Gasteiger charge is 2.31. The Morgan fingerprint density at radius 2 is 1.67 bits per heavy atom. The summed E-state index contributed by atoms with van der Waals surface area (Å²) < 4.78 is 55.8. The number of aryl methyl sites for hydroxylation is 2. The standard InChI is InChI=1S/C19H17F3N2O9/c1-10-15(32-17(26)30-7-6-25)14(12-4-3-5-13(8-12)24(28)29)16(11(2)23-10)33-18(27)31-9-19(20,21)22/h3-5,8,25H,6-7,9H2,1-2H3. The predicted molar refractivity (Wildman–Crippen MR) is 103 cm³/mol. The summed E-state index contributed by atoms with van der Waals surface area (Å²) in [5.41, 5.74) is -0.519. The van der Waals surface area contributed by atoms with Crippen LogP contribution in [0.3, 0.4) is 0 Å². The first-order chi connectivity index (χ1) is 15.4. The zero-order chi connectivity index (χ0) is 24.8. The van der Waals surface area contributed by atoms with Crippen LogP contribution in [0.4, 0.5) is 28.4 Å². The minimum Gasteiger partial charge on any atom is -0.432 e. The van der Waals surface area contributed by atoms with E-state index < -0.39 is 49.0 Å². The first-order valence-electron chi connectivity index (χ1n) is 9.05. The van der Waals surface area contributed by atoms with Gasteiger partial charge in [0.25, 0.3) is 5.69 Å². The number of aliphatic hydroxyl groups is 1. The molecule has 1 aromatic heterocycles. The van der Waals surface area contributed by atoms with Crippen LogP contribution < -0.4 is 9.47 Å². The summed E-state index contributed by atoms with van der Waals surface area (Å²) >= 11 is 0. The van der Waals surface area contributed by atoms with E-state index in [1.165, 1.54) is 32.0 Å². The van der Waals surface area contributed by atoms with Gasteiger partial charge in [0.15, 0.2) is 18.1 Å². The molecular weight excluding hydrogens is 457 g/mol. The van der Waals surface area contributed by atoms with E-state index >= 15 is 0 Å². The Bertz CT molecular complexity index is 1060. The molecule has 0 spiro atoms. The molecule has 0 amide bonds. The summed E-state index contributed by atoms with van der Waals surface area (Å²) in [6, 6.07) is 4.87. The van der Waals surface area contributed by atoms with Crippen LogP contribution in [0.5, 0.6) is 11.5 Å². The fourth-order valence-corrected chi connectivity index (χ4v) is 2.60. The SMILES string of the molecule is Cc1nc(C)c(OC(=O)OCC(F)(F)F)c(-c2cccc([N+](=O)[O-])c2)c1OC(=O)OCCO. The average molecular weight is 474 g/mol. The number of aliphatic hydroxyl groups excluding tert-OH is 1. The first kappa shape index (κ1) is 25.3. The molecule has 1 heterocycles. The van der Waals surface area contributed by atoms with E-state index in [2.05, 4.69) is 14.5 Å². The molecule has 178 valence electrons. The van der Waals surface area contributed by atoms with E-state index in [0.29, 0.717) is 0 Å². The summed E-state index contributed by atoms with van der Waals surface area (Å²) in [4.78, 5) is 38.4. The normalized spacial score (nSPS) is 11.0. The Hall–Kier alpha value is -3.94. The molecule has 11 nitrogen and oxygen atoms in total. The van der Waals surface area contributed by atoms with Crippen molar-refractivity contribution in [1.29, 1.82) is 0 Å². The lowest BCUT2D eigenvalue weighted by Crippen LogP contribution is -2.23. The van der Waals surface area contributed by atoms with Gasteiger partial charge in [-0.1, -0.05) is 12.1 Å². The molecule has 14 heteroatoms. The number of nitro benzene ring substituents is 1. The molecule has 1 N–H and O–H groups in total. The summed E-state index contributed by atoms with van der Waals surface area (Å²) in [5, 5.41) is 20.0. The second-order valence-electron chi connectivity index (χ2n) is 6.30. The highest BCUT2D eigenvalue weighted by Crippen LogP contribution is 2.43. The molecule has 33 heavy (non-hydrogen) atoms. The highest BCUT2D eigenvalue weighted by atomic mass is 19.4. The van der Waals surface area contributed by atoms with E-state index in [1.807, 2.05) is 0 Å². The minimum absolute atomic E-state index is 0.0152. The van der Waals surface area contributed by atoms with Gasteiger partial charge in [-0.25, -0.2) is 9.59 Å². The van der Waals surface area contributed by atoms with Crippen molar-refractivity contribution in [1.82, 2.24) is 4.98 Å². The molecule has 0 saturated heterocycles. The zero-order valence-corrected chi connectivity index (χ0v) is 17.2.